The number of hydrogen-bond donors (Lipinski definition) is 0. The van der Waals surface area contributed by atoms with E-state index < -0.39 is 6.17 Å². The first-order valence-electron chi connectivity index (χ1n) is 8.33. The first-order valence-corrected chi connectivity index (χ1v) is 8.91. The maximum atomic E-state index is 13.4. The lowest BCUT2D eigenvalue weighted by molar-refractivity contribution is 0.414. The lowest BCUT2D eigenvalue weighted by Crippen LogP contribution is -2.00. The lowest BCUT2D eigenvalue weighted by atomic mass is 10.00. The standard InChI is InChI=1S/C22H27FNP/c1-6-20(17(4)18(5)23)10-8-16(3)13-24-14-22-11-9-19(15-25)12-21(22)7-2/h6-9,11-13,15,18,25H,2,4,10,14H2,1,3,5H3/b16-8-,20-6-,24-13-. The summed E-state index contributed by atoms with van der Waals surface area (Å²) in [6, 6.07) is 6.16. The Labute approximate surface area is 153 Å². The average molecular weight is 355 g/mol. The molecule has 0 N–H and O–H groups in total. The highest BCUT2D eigenvalue weighted by atomic mass is 31.0. The molecule has 0 saturated heterocycles. The van der Waals surface area contributed by atoms with Gasteiger partial charge in [0.05, 0.1) is 6.54 Å². The number of halogens is 1. The zero-order chi connectivity index (χ0) is 18.8. The maximum absolute atomic E-state index is 13.4. The normalized spacial score (nSPS) is 13.8. The predicted molar refractivity (Wildman–Crippen MR) is 114 cm³/mol. The second-order valence-electron chi connectivity index (χ2n) is 5.88. The van der Waals surface area contributed by atoms with Gasteiger partial charge in [0.2, 0.25) is 0 Å². The van der Waals surface area contributed by atoms with Crippen molar-refractivity contribution >= 4 is 27.0 Å². The highest BCUT2D eigenvalue weighted by Gasteiger charge is 2.07. The highest BCUT2D eigenvalue weighted by molar-refractivity contribution is 7.19. The van der Waals surface area contributed by atoms with Crippen LogP contribution >= 0.6 is 8.86 Å². The van der Waals surface area contributed by atoms with Gasteiger partial charge in [0, 0.05) is 6.21 Å². The molecule has 1 rings (SSSR count). The summed E-state index contributed by atoms with van der Waals surface area (Å²) in [5.74, 6) is 1.87. The second kappa shape index (κ2) is 10.7. The summed E-state index contributed by atoms with van der Waals surface area (Å²) in [6.07, 6.45) is 7.29. The second-order valence-corrected chi connectivity index (χ2v) is 6.17. The summed E-state index contributed by atoms with van der Waals surface area (Å²) in [6.45, 7) is 13.7. The third-order valence-corrected chi connectivity index (χ3v) is 4.33. The molecule has 0 amide bonds. The summed E-state index contributed by atoms with van der Waals surface area (Å²) in [4.78, 5) is 4.51. The molecule has 1 atom stereocenters. The predicted octanol–water partition coefficient (Wildman–Crippen LogP) is 6.39. The lowest BCUT2D eigenvalue weighted by Gasteiger charge is -2.09. The van der Waals surface area contributed by atoms with Gasteiger partial charge < -0.3 is 0 Å². The SMILES string of the molecule is C=Cc1cc(C=P)ccc1C/N=C\C(C)=C/C/C(=C/C)C(=C)C(C)F. The van der Waals surface area contributed by atoms with Crippen LogP contribution in [-0.2, 0) is 6.54 Å². The maximum Gasteiger partial charge on any atom is 0.122 e. The number of rotatable bonds is 9. The van der Waals surface area contributed by atoms with Gasteiger partial charge in [-0.3, -0.25) is 4.99 Å². The summed E-state index contributed by atoms with van der Waals surface area (Å²) < 4.78 is 13.4. The van der Waals surface area contributed by atoms with E-state index in [0.29, 0.717) is 18.5 Å². The summed E-state index contributed by atoms with van der Waals surface area (Å²) in [5.41, 5.74) is 5.82. The van der Waals surface area contributed by atoms with Crippen molar-refractivity contribution < 1.29 is 4.39 Å². The Hall–Kier alpha value is -2.05. The van der Waals surface area contributed by atoms with Gasteiger partial charge in [-0.1, -0.05) is 43.5 Å². The number of nitrogens with zero attached hydrogens (tertiary/aromatic N) is 1. The van der Waals surface area contributed by atoms with Crippen molar-refractivity contribution in [2.24, 2.45) is 4.99 Å². The van der Waals surface area contributed by atoms with Crippen molar-refractivity contribution in [1.29, 1.82) is 0 Å². The smallest absolute Gasteiger partial charge is 0.122 e. The van der Waals surface area contributed by atoms with Crippen LogP contribution in [0.2, 0.25) is 0 Å². The minimum absolute atomic E-state index is 0.544. The molecule has 0 aliphatic carbocycles. The number of benzene rings is 1. The molecule has 0 fully saturated rings. The first-order chi connectivity index (χ1) is 11.9. The molecule has 0 saturated carbocycles. The van der Waals surface area contributed by atoms with Crippen LogP contribution in [0.1, 0.15) is 43.9 Å². The van der Waals surface area contributed by atoms with Gasteiger partial charge in [0.25, 0.3) is 0 Å². The van der Waals surface area contributed by atoms with Crippen LogP contribution in [0, 0.1) is 0 Å². The van der Waals surface area contributed by atoms with Gasteiger partial charge in [-0.25, -0.2) is 4.39 Å². The molecule has 1 aromatic carbocycles. The van der Waals surface area contributed by atoms with Crippen molar-refractivity contribution in [1.82, 2.24) is 0 Å². The van der Waals surface area contributed by atoms with Gasteiger partial charge in [0.15, 0.2) is 0 Å². The fourth-order valence-corrected chi connectivity index (χ4v) is 2.52. The fraction of sp³-hybridized carbons (Fsp3) is 0.273. The molecular formula is C22H27FNP. The van der Waals surface area contributed by atoms with Crippen LogP contribution in [0.25, 0.3) is 6.08 Å². The van der Waals surface area contributed by atoms with Crippen LogP contribution in [0.5, 0.6) is 0 Å². The Morgan fingerprint density at radius 3 is 2.68 bits per heavy atom. The molecular weight excluding hydrogens is 328 g/mol. The van der Waals surface area contributed by atoms with Gasteiger partial charge >= 0.3 is 0 Å². The highest BCUT2D eigenvalue weighted by Crippen LogP contribution is 2.19. The minimum Gasteiger partial charge on any atom is -0.288 e. The molecule has 0 aliphatic rings. The molecule has 1 nitrogen and oxygen atoms in total. The van der Waals surface area contributed by atoms with Gasteiger partial charge in [-0.2, -0.15) is 0 Å². The third-order valence-electron chi connectivity index (χ3n) is 4.00. The number of hydrogen-bond acceptors (Lipinski definition) is 1. The topological polar surface area (TPSA) is 12.4 Å². The molecule has 132 valence electrons. The van der Waals surface area contributed by atoms with E-state index in [9.17, 15) is 4.39 Å². The number of allylic oxidation sites excluding steroid dienone is 5. The molecule has 0 aromatic heterocycles. The number of alkyl halides is 1. The Bertz CT molecular complexity index is 724. The molecule has 1 aromatic rings. The van der Waals surface area contributed by atoms with E-state index in [4.69, 9.17) is 0 Å². The quantitative estimate of drug-likeness (QED) is 0.276. The Balaban J connectivity index is 2.74. The Kier molecular flexibility index (Phi) is 9.02. The molecule has 1 unspecified atom stereocenters. The average Bonchev–Trinajstić information content (AvgIpc) is 2.62. The van der Waals surface area contributed by atoms with Crippen molar-refractivity contribution in [3.8, 4) is 0 Å². The third kappa shape index (κ3) is 6.76. The van der Waals surface area contributed by atoms with E-state index in [1.807, 2.05) is 50.2 Å². The Morgan fingerprint density at radius 1 is 1.40 bits per heavy atom. The first kappa shape index (κ1) is 21.0. The van der Waals surface area contributed by atoms with Crippen LogP contribution in [0.4, 0.5) is 4.39 Å². The Morgan fingerprint density at radius 2 is 2.12 bits per heavy atom. The zero-order valence-electron chi connectivity index (χ0n) is 15.3. The zero-order valence-corrected chi connectivity index (χ0v) is 16.3. The molecule has 0 heterocycles. The fourth-order valence-electron chi connectivity index (χ4n) is 2.34. The molecule has 0 bridgehead atoms. The van der Waals surface area contributed by atoms with Crippen LogP contribution in [0.3, 0.4) is 0 Å². The van der Waals surface area contributed by atoms with E-state index in [0.717, 1.165) is 27.8 Å². The van der Waals surface area contributed by atoms with Crippen molar-refractivity contribution in [2.75, 3.05) is 0 Å². The van der Waals surface area contributed by atoms with Crippen molar-refractivity contribution in [3.05, 3.63) is 76.9 Å². The monoisotopic (exact) mass is 355 g/mol. The molecule has 0 spiro atoms. The van der Waals surface area contributed by atoms with Crippen LogP contribution < -0.4 is 0 Å². The molecule has 25 heavy (non-hydrogen) atoms. The van der Waals surface area contributed by atoms with E-state index in [2.05, 4.69) is 39.1 Å². The van der Waals surface area contributed by atoms with Gasteiger partial charge in [0.1, 0.15) is 6.17 Å². The van der Waals surface area contributed by atoms with E-state index in [1.165, 1.54) is 6.92 Å². The summed E-state index contributed by atoms with van der Waals surface area (Å²) >= 11 is 0. The van der Waals surface area contributed by atoms with E-state index >= 15 is 0 Å². The van der Waals surface area contributed by atoms with Crippen LogP contribution in [0.15, 0.2) is 65.2 Å². The van der Waals surface area contributed by atoms with Crippen LogP contribution in [-0.4, -0.2) is 18.2 Å². The molecule has 0 aliphatic heterocycles. The molecule has 0 radical (unpaired) electrons. The van der Waals surface area contributed by atoms with Crippen molar-refractivity contribution in [3.63, 3.8) is 0 Å². The van der Waals surface area contributed by atoms with Crippen molar-refractivity contribution in [2.45, 2.75) is 39.9 Å². The van der Waals surface area contributed by atoms with E-state index in [-0.39, 0.29) is 0 Å². The summed E-state index contributed by atoms with van der Waals surface area (Å²) in [5, 5.41) is 0. The summed E-state index contributed by atoms with van der Waals surface area (Å²) in [7, 11) is 3.39. The largest absolute Gasteiger partial charge is 0.288 e. The van der Waals surface area contributed by atoms with E-state index in [1.54, 1.807) is 0 Å². The van der Waals surface area contributed by atoms with Gasteiger partial charge in [-0.15, -0.1) is 8.86 Å². The number of aliphatic imine (C=N–C) groups is 1. The minimum atomic E-state index is -1.02. The van der Waals surface area contributed by atoms with Gasteiger partial charge in [-0.05, 0) is 72.5 Å². The molecule has 3 heteroatoms.